The Morgan fingerprint density at radius 2 is 2.09 bits per heavy atom. The van der Waals surface area contributed by atoms with Gasteiger partial charge in [0.05, 0.1) is 4.90 Å². The quantitative estimate of drug-likeness (QED) is 0.825. The molecule has 0 aliphatic carbocycles. The van der Waals surface area contributed by atoms with Gasteiger partial charge in [-0.2, -0.15) is 5.10 Å². The number of carbonyl (C=O) groups is 1. The molecule has 3 N–H and O–H groups in total. The Morgan fingerprint density at radius 1 is 1.39 bits per heavy atom. The molecule has 2 rings (SSSR count). The number of nitrogens with zero attached hydrogens (tertiary/aromatic N) is 2. The lowest BCUT2D eigenvalue weighted by molar-refractivity contribution is -0.117. The van der Waals surface area contributed by atoms with E-state index in [4.69, 9.17) is 16.7 Å². The summed E-state index contributed by atoms with van der Waals surface area (Å²) in [6.07, 6.45) is 1.29. The van der Waals surface area contributed by atoms with E-state index in [0.29, 0.717) is 5.56 Å². The number of aromatic nitrogens is 2. The van der Waals surface area contributed by atoms with Crippen molar-refractivity contribution in [3.8, 4) is 0 Å². The van der Waals surface area contributed by atoms with Gasteiger partial charge in [0.1, 0.15) is 11.6 Å². The molecular weight excluding hydrogens is 344 g/mol. The number of benzene rings is 1. The average Bonchev–Trinajstić information content (AvgIpc) is 2.45. The molecule has 0 saturated carbocycles. The van der Waals surface area contributed by atoms with Crippen LogP contribution in [0.5, 0.6) is 0 Å². The second-order valence-corrected chi connectivity index (χ2v) is 6.65. The molecule has 0 atom stereocenters. The maximum Gasteiger partial charge on any atom is 0.285 e. The third-order valence-electron chi connectivity index (χ3n) is 2.94. The summed E-state index contributed by atoms with van der Waals surface area (Å²) < 4.78 is 23.8. The standard InChI is InChI=1S/C13H13ClN4O4S/c1-8-2-3-9(6-11(8)23(15,21)22)17-12(19)7-18-13(20)10(14)4-5-16-18/h2-6H,7H2,1H3,(H,17,19)(H2,15,21,22). The zero-order valence-corrected chi connectivity index (χ0v) is 13.6. The fourth-order valence-corrected chi connectivity index (χ4v) is 2.82. The van der Waals surface area contributed by atoms with Crippen molar-refractivity contribution in [2.24, 2.45) is 5.14 Å². The predicted molar refractivity (Wildman–Crippen MR) is 84.7 cm³/mol. The number of primary sulfonamides is 1. The van der Waals surface area contributed by atoms with Crippen molar-refractivity contribution in [2.75, 3.05) is 5.32 Å². The van der Waals surface area contributed by atoms with Crippen LogP contribution in [0.2, 0.25) is 5.02 Å². The summed E-state index contributed by atoms with van der Waals surface area (Å²) in [5.74, 6) is -0.564. The highest BCUT2D eigenvalue weighted by Gasteiger charge is 2.14. The maximum absolute atomic E-state index is 12.0. The highest BCUT2D eigenvalue weighted by molar-refractivity contribution is 7.89. The summed E-state index contributed by atoms with van der Waals surface area (Å²) in [4.78, 5) is 23.5. The highest BCUT2D eigenvalue weighted by Crippen LogP contribution is 2.18. The van der Waals surface area contributed by atoms with Crippen LogP contribution in [0.15, 0.2) is 40.2 Å². The Bertz CT molecular complexity index is 924. The van der Waals surface area contributed by atoms with E-state index in [9.17, 15) is 18.0 Å². The first-order valence-corrected chi connectivity index (χ1v) is 8.26. The fraction of sp³-hybridized carbons (Fsp3) is 0.154. The molecule has 122 valence electrons. The summed E-state index contributed by atoms with van der Waals surface area (Å²) in [7, 11) is -3.90. The van der Waals surface area contributed by atoms with Gasteiger partial charge in [0.15, 0.2) is 0 Å². The van der Waals surface area contributed by atoms with Gasteiger partial charge in [-0.1, -0.05) is 17.7 Å². The fourth-order valence-electron chi connectivity index (χ4n) is 1.86. The SMILES string of the molecule is Cc1ccc(NC(=O)Cn2nccc(Cl)c2=O)cc1S(N)(=O)=O. The molecule has 0 saturated heterocycles. The summed E-state index contributed by atoms with van der Waals surface area (Å²) in [6.45, 7) is 1.22. The number of sulfonamides is 1. The number of nitrogens with one attached hydrogen (secondary N) is 1. The second-order valence-electron chi connectivity index (χ2n) is 4.72. The molecule has 2 aromatic rings. The summed E-state index contributed by atoms with van der Waals surface area (Å²) >= 11 is 5.66. The molecule has 1 heterocycles. The number of hydrogen-bond donors (Lipinski definition) is 2. The Hall–Kier alpha value is -2.23. The molecule has 0 bridgehead atoms. The van der Waals surface area contributed by atoms with Gasteiger partial charge in [0.2, 0.25) is 15.9 Å². The number of anilines is 1. The van der Waals surface area contributed by atoms with Crippen LogP contribution in [-0.2, 0) is 21.4 Å². The van der Waals surface area contributed by atoms with Crippen molar-refractivity contribution in [1.82, 2.24) is 9.78 Å². The molecule has 1 aromatic heterocycles. The van der Waals surface area contributed by atoms with Crippen LogP contribution in [0.4, 0.5) is 5.69 Å². The van der Waals surface area contributed by atoms with Gasteiger partial charge in [-0.05, 0) is 30.7 Å². The van der Waals surface area contributed by atoms with Gasteiger partial charge in [-0.15, -0.1) is 0 Å². The van der Waals surface area contributed by atoms with Crippen molar-refractivity contribution in [1.29, 1.82) is 0 Å². The molecule has 0 unspecified atom stereocenters. The maximum atomic E-state index is 12.0. The van der Waals surface area contributed by atoms with Gasteiger partial charge in [0, 0.05) is 11.9 Å². The van der Waals surface area contributed by atoms with Gasteiger partial charge in [0.25, 0.3) is 5.56 Å². The minimum atomic E-state index is -3.90. The number of nitrogens with two attached hydrogens (primary N) is 1. The topological polar surface area (TPSA) is 124 Å². The Balaban J connectivity index is 2.21. The molecular formula is C13H13ClN4O4S. The zero-order chi connectivity index (χ0) is 17.2. The Labute approximate surface area is 136 Å². The predicted octanol–water partition coefficient (Wildman–Crippen LogP) is 0.491. The molecule has 0 radical (unpaired) electrons. The van der Waals surface area contributed by atoms with E-state index in [2.05, 4.69) is 10.4 Å². The van der Waals surface area contributed by atoms with Crippen molar-refractivity contribution >= 4 is 33.2 Å². The highest BCUT2D eigenvalue weighted by atomic mass is 35.5. The van der Waals surface area contributed by atoms with Gasteiger partial charge in [-0.25, -0.2) is 18.2 Å². The van der Waals surface area contributed by atoms with E-state index in [1.165, 1.54) is 30.5 Å². The smallest absolute Gasteiger partial charge is 0.285 e. The van der Waals surface area contributed by atoms with E-state index in [1.807, 2.05) is 0 Å². The molecule has 0 fully saturated rings. The minimum absolute atomic E-state index is 0.0559. The average molecular weight is 357 g/mol. The normalized spacial score (nSPS) is 11.3. The van der Waals surface area contributed by atoms with Crippen LogP contribution in [0.25, 0.3) is 0 Å². The van der Waals surface area contributed by atoms with E-state index in [-0.39, 0.29) is 22.2 Å². The lowest BCUT2D eigenvalue weighted by Crippen LogP contribution is -2.29. The van der Waals surface area contributed by atoms with E-state index in [1.54, 1.807) is 6.92 Å². The molecule has 23 heavy (non-hydrogen) atoms. The molecule has 10 heteroatoms. The largest absolute Gasteiger partial charge is 0.324 e. The number of carbonyl (C=O) groups excluding carboxylic acids is 1. The molecule has 0 aliphatic heterocycles. The minimum Gasteiger partial charge on any atom is -0.324 e. The van der Waals surface area contributed by atoms with Gasteiger partial charge in [-0.3, -0.25) is 9.59 Å². The van der Waals surface area contributed by atoms with Crippen LogP contribution in [0.3, 0.4) is 0 Å². The zero-order valence-electron chi connectivity index (χ0n) is 12.0. The molecule has 1 aromatic carbocycles. The Morgan fingerprint density at radius 3 is 2.74 bits per heavy atom. The third kappa shape index (κ3) is 4.15. The number of rotatable bonds is 4. The second kappa shape index (κ2) is 6.49. The first-order valence-electron chi connectivity index (χ1n) is 6.33. The number of hydrogen-bond acceptors (Lipinski definition) is 5. The lowest BCUT2D eigenvalue weighted by Gasteiger charge is -2.09. The Kier molecular flexibility index (Phi) is 4.83. The number of halogens is 1. The molecule has 0 spiro atoms. The molecule has 8 nitrogen and oxygen atoms in total. The monoisotopic (exact) mass is 356 g/mol. The van der Waals surface area contributed by atoms with Crippen LogP contribution in [0, 0.1) is 6.92 Å². The first kappa shape index (κ1) is 17.1. The van der Waals surface area contributed by atoms with Crippen molar-refractivity contribution in [2.45, 2.75) is 18.4 Å². The van der Waals surface area contributed by atoms with Crippen molar-refractivity contribution < 1.29 is 13.2 Å². The van der Waals surface area contributed by atoms with E-state index >= 15 is 0 Å². The van der Waals surface area contributed by atoms with Crippen molar-refractivity contribution in [3.05, 3.63) is 51.4 Å². The van der Waals surface area contributed by atoms with Gasteiger partial charge < -0.3 is 5.32 Å². The summed E-state index contributed by atoms with van der Waals surface area (Å²) in [5.41, 5.74) is 0.0939. The van der Waals surface area contributed by atoms with E-state index < -0.39 is 21.5 Å². The summed E-state index contributed by atoms with van der Waals surface area (Å²) in [5, 5.41) is 11.3. The number of aryl methyl sites for hydroxylation is 1. The summed E-state index contributed by atoms with van der Waals surface area (Å²) in [6, 6.07) is 5.60. The van der Waals surface area contributed by atoms with Crippen LogP contribution < -0.4 is 16.0 Å². The number of amides is 1. The third-order valence-corrected chi connectivity index (χ3v) is 4.28. The van der Waals surface area contributed by atoms with E-state index in [0.717, 1.165) is 4.68 Å². The molecule has 0 aliphatic rings. The van der Waals surface area contributed by atoms with Crippen LogP contribution in [-0.4, -0.2) is 24.1 Å². The van der Waals surface area contributed by atoms with Crippen LogP contribution in [0.1, 0.15) is 5.56 Å². The van der Waals surface area contributed by atoms with Crippen molar-refractivity contribution in [3.63, 3.8) is 0 Å². The van der Waals surface area contributed by atoms with Gasteiger partial charge >= 0.3 is 0 Å². The van der Waals surface area contributed by atoms with Crippen LogP contribution >= 0.6 is 11.6 Å². The molecule has 1 amide bonds. The lowest BCUT2D eigenvalue weighted by atomic mass is 10.2. The first-order chi connectivity index (χ1) is 10.7.